The molecule has 1 atom stereocenters. The van der Waals surface area contributed by atoms with E-state index in [2.05, 4.69) is 10.3 Å². The Morgan fingerprint density at radius 3 is 3.12 bits per heavy atom. The Morgan fingerprint density at radius 2 is 2.53 bits per heavy atom. The summed E-state index contributed by atoms with van der Waals surface area (Å²) in [5.74, 6) is 2.50. The standard InChI is InChI=1S/C10H10N4O2S/c11-4-7-3-9(14(15)16)5-12-10(7)13-8-1-2-17-6-8/h3,5,8H,1-2,6H2,(H,12,13). The van der Waals surface area contributed by atoms with E-state index in [0.717, 1.165) is 17.9 Å². The van der Waals surface area contributed by atoms with Gasteiger partial charge in [0.2, 0.25) is 0 Å². The first kappa shape index (κ1) is 11.7. The Morgan fingerprint density at radius 1 is 1.71 bits per heavy atom. The van der Waals surface area contributed by atoms with Crippen LogP contribution in [0.15, 0.2) is 12.3 Å². The molecule has 6 nitrogen and oxygen atoms in total. The first-order chi connectivity index (χ1) is 8.20. The molecule has 1 aliphatic rings. The van der Waals surface area contributed by atoms with Crippen LogP contribution in [-0.2, 0) is 0 Å². The molecule has 0 saturated carbocycles. The molecule has 0 bridgehead atoms. The molecule has 1 fully saturated rings. The average Bonchev–Trinajstić information content (AvgIpc) is 2.82. The molecule has 1 aromatic rings. The van der Waals surface area contributed by atoms with Crippen LogP contribution < -0.4 is 5.32 Å². The minimum Gasteiger partial charge on any atom is -0.365 e. The molecule has 1 aromatic heterocycles. The number of nitrogens with one attached hydrogen (secondary N) is 1. The SMILES string of the molecule is N#Cc1cc([N+](=O)[O-])cnc1NC1CCSC1. The summed E-state index contributed by atoms with van der Waals surface area (Å²) in [4.78, 5) is 14.0. The second-order valence-corrected chi connectivity index (χ2v) is 4.81. The van der Waals surface area contributed by atoms with E-state index in [1.807, 2.05) is 17.8 Å². The van der Waals surface area contributed by atoms with Crippen molar-refractivity contribution in [3.8, 4) is 6.07 Å². The van der Waals surface area contributed by atoms with Gasteiger partial charge in [-0.15, -0.1) is 0 Å². The van der Waals surface area contributed by atoms with Crippen molar-refractivity contribution < 1.29 is 4.92 Å². The van der Waals surface area contributed by atoms with Crippen molar-refractivity contribution in [2.45, 2.75) is 12.5 Å². The lowest BCUT2D eigenvalue weighted by Crippen LogP contribution is -2.19. The number of nitrogens with zero attached hydrogens (tertiary/aromatic N) is 3. The first-order valence-electron chi connectivity index (χ1n) is 5.09. The molecule has 0 spiro atoms. The van der Waals surface area contributed by atoms with Gasteiger partial charge in [-0.2, -0.15) is 17.0 Å². The highest BCUT2D eigenvalue weighted by atomic mass is 32.2. The number of hydrogen-bond acceptors (Lipinski definition) is 6. The van der Waals surface area contributed by atoms with E-state index < -0.39 is 4.92 Å². The van der Waals surface area contributed by atoms with Crippen molar-refractivity contribution in [1.82, 2.24) is 4.98 Å². The third kappa shape index (κ3) is 2.65. The summed E-state index contributed by atoms with van der Waals surface area (Å²) in [6.45, 7) is 0. The highest BCUT2D eigenvalue weighted by molar-refractivity contribution is 7.99. The van der Waals surface area contributed by atoms with Gasteiger partial charge >= 0.3 is 0 Å². The smallest absolute Gasteiger partial charge is 0.289 e. The first-order valence-corrected chi connectivity index (χ1v) is 6.25. The highest BCUT2D eigenvalue weighted by Gasteiger charge is 2.18. The molecule has 0 amide bonds. The van der Waals surface area contributed by atoms with E-state index in [0.29, 0.717) is 11.9 Å². The van der Waals surface area contributed by atoms with Crippen LogP contribution in [0, 0.1) is 21.4 Å². The number of aromatic nitrogens is 1. The number of nitriles is 1. The molecule has 1 aliphatic heterocycles. The molecular weight excluding hydrogens is 240 g/mol. The van der Waals surface area contributed by atoms with Gasteiger partial charge in [0.25, 0.3) is 5.69 Å². The molecule has 2 rings (SSSR count). The summed E-state index contributed by atoms with van der Waals surface area (Å²) < 4.78 is 0. The zero-order chi connectivity index (χ0) is 12.3. The number of hydrogen-bond donors (Lipinski definition) is 1. The Kier molecular flexibility index (Phi) is 3.44. The highest BCUT2D eigenvalue weighted by Crippen LogP contribution is 2.23. The van der Waals surface area contributed by atoms with Crippen molar-refractivity contribution in [3.63, 3.8) is 0 Å². The predicted octanol–water partition coefficient (Wildman–Crippen LogP) is 1.78. The quantitative estimate of drug-likeness (QED) is 0.649. The molecule has 88 valence electrons. The number of nitro groups is 1. The van der Waals surface area contributed by atoms with E-state index in [1.165, 1.54) is 12.3 Å². The normalized spacial score (nSPS) is 18.6. The van der Waals surface area contributed by atoms with Crippen LogP contribution >= 0.6 is 11.8 Å². The zero-order valence-corrected chi connectivity index (χ0v) is 9.74. The number of rotatable bonds is 3. The molecule has 2 heterocycles. The van der Waals surface area contributed by atoms with Gasteiger partial charge in [0.15, 0.2) is 0 Å². The van der Waals surface area contributed by atoms with Crippen LogP contribution in [0.3, 0.4) is 0 Å². The maximum absolute atomic E-state index is 10.6. The van der Waals surface area contributed by atoms with Gasteiger partial charge in [-0.05, 0) is 12.2 Å². The molecule has 1 saturated heterocycles. The molecule has 17 heavy (non-hydrogen) atoms. The van der Waals surface area contributed by atoms with Crippen molar-refractivity contribution in [2.75, 3.05) is 16.8 Å². The van der Waals surface area contributed by atoms with Gasteiger partial charge in [-0.1, -0.05) is 0 Å². The number of pyridine rings is 1. The van der Waals surface area contributed by atoms with E-state index in [9.17, 15) is 10.1 Å². The van der Waals surface area contributed by atoms with E-state index in [1.54, 1.807) is 0 Å². The summed E-state index contributed by atoms with van der Waals surface area (Å²) >= 11 is 1.84. The second kappa shape index (κ2) is 5.01. The van der Waals surface area contributed by atoms with Crippen molar-refractivity contribution in [1.29, 1.82) is 5.26 Å². The van der Waals surface area contributed by atoms with Crippen molar-refractivity contribution >= 4 is 23.3 Å². The molecule has 1 N–H and O–H groups in total. The monoisotopic (exact) mass is 250 g/mol. The minimum atomic E-state index is -0.553. The molecule has 0 radical (unpaired) electrons. The molecular formula is C10H10N4O2S. The lowest BCUT2D eigenvalue weighted by Gasteiger charge is -2.12. The van der Waals surface area contributed by atoms with Crippen LogP contribution in [0.5, 0.6) is 0 Å². The third-order valence-corrected chi connectivity index (χ3v) is 3.64. The van der Waals surface area contributed by atoms with E-state index >= 15 is 0 Å². The van der Waals surface area contributed by atoms with Crippen LogP contribution in [0.25, 0.3) is 0 Å². The predicted molar refractivity (Wildman–Crippen MR) is 65.0 cm³/mol. The maximum atomic E-state index is 10.6. The van der Waals surface area contributed by atoms with Crippen molar-refractivity contribution in [2.24, 2.45) is 0 Å². The lowest BCUT2D eigenvalue weighted by molar-refractivity contribution is -0.385. The van der Waals surface area contributed by atoms with E-state index in [-0.39, 0.29) is 11.3 Å². The van der Waals surface area contributed by atoms with Gasteiger partial charge < -0.3 is 5.32 Å². The largest absolute Gasteiger partial charge is 0.365 e. The van der Waals surface area contributed by atoms with Gasteiger partial charge in [-0.3, -0.25) is 10.1 Å². The van der Waals surface area contributed by atoms with Crippen LogP contribution in [-0.4, -0.2) is 27.5 Å². The zero-order valence-electron chi connectivity index (χ0n) is 8.92. The Hall–Kier alpha value is -1.81. The Balaban J connectivity index is 2.22. The molecule has 0 aliphatic carbocycles. The average molecular weight is 250 g/mol. The fourth-order valence-electron chi connectivity index (χ4n) is 1.60. The topological polar surface area (TPSA) is 91.8 Å². The van der Waals surface area contributed by atoms with Gasteiger partial charge in [0, 0.05) is 17.9 Å². The molecule has 1 unspecified atom stereocenters. The Bertz CT molecular complexity index is 480. The number of anilines is 1. The molecule has 0 aromatic carbocycles. The van der Waals surface area contributed by atoms with Crippen LogP contribution in [0.2, 0.25) is 0 Å². The third-order valence-electron chi connectivity index (χ3n) is 2.48. The van der Waals surface area contributed by atoms with Crippen LogP contribution in [0.4, 0.5) is 11.5 Å². The second-order valence-electron chi connectivity index (χ2n) is 3.66. The Labute approximate surface area is 102 Å². The van der Waals surface area contributed by atoms with Gasteiger partial charge in [0.05, 0.1) is 4.92 Å². The number of thioether (sulfide) groups is 1. The fraction of sp³-hybridized carbons (Fsp3) is 0.400. The molecule has 7 heteroatoms. The van der Waals surface area contributed by atoms with Crippen LogP contribution in [0.1, 0.15) is 12.0 Å². The van der Waals surface area contributed by atoms with E-state index in [4.69, 9.17) is 5.26 Å². The van der Waals surface area contributed by atoms with Crippen molar-refractivity contribution in [3.05, 3.63) is 27.9 Å². The minimum absolute atomic E-state index is 0.159. The van der Waals surface area contributed by atoms with Gasteiger partial charge in [-0.25, -0.2) is 4.98 Å². The summed E-state index contributed by atoms with van der Waals surface area (Å²) in [5, 5.41) is 22.6. The maximum Gasteiger partial charge on any atom is 0.289 e. The summed E-state index contributed by atoms with van der Waals surface area (Å²) in [5.41, 5.74) is 0.0593. The summed E-state index contributed by atoms with van der Waals surface area (Å²) in [6.07, 6.45) is 2.19. The summed E-state index contributed by atoms with van der Waals surface area (Å²) in [7, 11) is 0. The van der Waals surface area contributed by atoms with Gasteiger partial charge in [0.1, 0.15) is 23.6 Å². The fourth-order valence-corrected chi connectivity index (χ4v) is 2.75. The summed E-state index contributed by atoms with van der Waals surface area (Å²) in [6, 6.07) is 3.47. The lowest BCUT2D eigenvalue weighted by atomic mass is 10.2.